The Morgan fingerprint density at radius 3 is 2.79 bits per heavy atom. The summed E-state index contributed by atoms with van der Waals surface area (Å²) in [6, 6.07) is 10.2. The third-order valence-corrected chi connectivity index (χ3v) is 4.27. The highest BCUT2D eigenvalue weighted by molar-refractivity contribution is 5.22. The zero-order valence-electron chi connectivity index (χ0n) is 12.8. The van der Waals surface area contributed by atoms with Crippen molar-refractivity contribution in [3.63, 3.8) is 0 Å². The van der Waals surface area contributed by atoms with Crippen molar-refractivity contribution in [1.82, 2.24) is 10.2 Å². The number of piperazine rings is 1. The quantitative estimate of drug-likeness (QED) is 0.894. The van der Waals surface area contributed by atoms with Gasteiger partial charge in [-0.25, -0.2) is 0 Å². The number of nitrogens with one attached hydrogen (secondary N) is 1. The Hall–Kier alpha value is -0.860. The summed E-state index contributed by atoms with van der Waals surface area (Å²) in [5.74, 6) is 0.704. The first-order valence-electron chi connectivity index (χ1n) is 7.63. The summed E-state index contributed by atoms with van der Waals surface area (Å²) in [6.45, 7) is 12.5. The molecule has 2 unspecified atom stereocenters. The topological polar surface area (TPSA) is 15.3 Å². The van der Waals surface area contributed by atoms with Crippen LogP contribution in [-0.4, -0.2) is 30.1 Å². The molecule has 1 heterocycles. The molecule has 2 atom stereocenters. The van der Waals surface area contributed by atoms with Crippen LogP contribution in [0.15, 0.2) is 24.3 Å². The molecule has 1 aliphatic rings. The van der Waals surface area contributed by atoms with Crippen molar-refractivity contribution in [2.24, 2.45) is 5.92 Å². The summed E-state index contributed by atoms with van der Waals surface area (Å²) in [5.41, 5.74) is 2.81. The summed E-state index contributed by atoms with van der Waals surface area (Å²) < 4.78 is 0. The fourth-order valence-corrected chi connectivity index (χ4v) is 3.06. The second-order valence-corrected chi connectivity index (χ2v) is 6.24. The molecule has 0 aromatic heterocycles. The van der Waals surface area contributed by atoms with Crippen LogP contribution in [-0.2, 0) is 6.54 Å². The van der Waals surface area contributed by atoms with Crippen molar-refractivity contribution in [2.75, 3.05) is 13.1 Å². The number of benzene rings is 1. The minimum atomic E-state index is 0.653. The lowest BCUT2D eigenvalue weighted by molar-refractivity contribution is 0.0900. The lowest BCUT2D eigenvalue weighted by Crippen LogP contribution is -2.57. The normalized spacial score (nSPS) is 24.9. The summed E-state index contributed by atoms with van der Waals surface area (Å²) in [5, 5.41) is 3.69. The summed E-state index contributed by atoms with van der Waals surface area (Å²) in [4.78, 5) is 2.67. The molecule has 0 radical (unpaired) electrons. The van der Waals surface area contributed by atoms with Gasteiger partial charge in [-0.15, -0.1) is 0 Å². The van der Waals surface area contributed by atoms with Crippen LogP contribution in [0.3, 0.4) is 0 Å². The van der Waals surface area contributed by atoms with Gasteiger partial charge in [-0.05, 0) is 24.8 Å². The van der Waals surface area contributed by atoms with Gasteiger partial charge in [-0.2, -0.15) is 0 Å². The predicted molar refractivity (Wildman–Crippen MR) is 82.3 cm³/mol. The molecule has 2 heteroatoms. The monoisotopic (exact) mass is 260 g/mol. The minimum absolute atomic E-state index is 0.653. The Morgan fingerprint density at radius 1 is 1.37 bits per heavy atom. The van der Waals surface area contributed by atoms with Crippen LogP contribution in [0, 0.1) is 12.8 Å². The Bertz CT molecular complexity index is 400. The van der Waals surface area contributed by atoms with Crippen LogP contribution >= 0.6 is 0 Å². The van der Waals surface area contributed by atoms with E-state index >= 15 is 0 Å². The molecule has 0 spiro atoms. The average Bonchev–Trinajstić information content (AvgIpc) is 2.38. The fourth-order valence-electron chi connectivity index (χ4n) is 3.06. The maximum Gasteiger partial charge on any atom is 0.0247 e. The maximum atomic E-state index is 3.69. The number of aryl methyl sites for hydroxylation is 1. The third-order valence-electron chi connectivity index (χ3n) is 4.27. The van der Waals surface area contributed by atoms with E-state index in [-0.39, 0.29) is 0 Å². The Labute approximate surface area is 118 Å². The van der Waals surface area contributed by atoms with E-state index in [9.17, 15) is 0 Å². The summed E-state index contributed by atoms with van der Waals surface area (Å²) in [6.07, 6.45) is 1.22. The second kappa shape index (κ2) is 6.53. The molecule has 1 N–H and O–H groups in total. The molecule has 0 bridgehead atoms. The number of hydrogen-bond donors (Lipinski definition) is 1. The number of rotatable bonds is 4. The standard InChI is InChI=1S/C17H28N2/c1-5-16-12-19(17(10-18-16)13(2)3)11-15-8-6-7-14(4)9-15/h6-9,13,16-18H,5,10-12H2,1-4H3. The molecule has 106 valence electrons. The lowest BCUT2D eigenvalue weighted by atomic mass is 9.97. The van der Waals surface area contributed by atoms with Crippen molar-refractivity contribution < 1.29 is 0 Å². The zero-order chi connectivity index (χ0) is 13.8. The molecular formula is C17H28N2. The van der Waals surface area contributed by atoms with Crippen molar-refractivity contribution in [3.05, 3.63) is 35.4 Å². The largest absolute Gasteiger partial charge is 0.311 e. The Kier molecular flexibility index (Phi) is 5.00. The van der Waals surface area contributed by atoms with E-state index in [0.29, 0.717) is 18.0 Å². The summed E-state index contributed by atoms with van der Waals surface area (Å²) >= 11 is 0. The van der Waals surface area contributed by atoms with E-state index in [1.807, 2.05) is 0 Å². The first-order valence-corrected chi connectivity index (χ1v) is 7.63. The van der Waals surface area contributed by atoms with Crippen LogP contribution in [0.4, 0.5) is 0 Å². The van der Waals surface area contributed by atoms with Gasteiger partial charge < -0.3 is 5.32 Å². The van der Waals surface area contributed by atoms with Crippen LogP contribution in [0.25, 0.3) is 0 Å². The molecular weight excluding hydrogens is 232 g/mol. The highest BCUT2D eigenvalue weighted by atomic mass is 15.2. The second-order valence-electron chi connectivity index (χ2n) is 6.24. The van der Waals surface area contributed by atoms with Gasteiger partial charge in [0.25, 0.3) is 0 Å². The Morgan fingerprint density at radius 2 is 2.16 bits per heavy atom. The molecule has 2 rings (SSSR count). The van der Waals surface area contributed by atoms with E-state index in [2.05, 4.69) is 62.2 Å². The molecule has 1 aromatic carbocycles. The molecule has 0 amide bonds. The van der Waals surface area contributed by atoms with Crippen LogP contribution in [0.1, 0.15) is 38.3 Å². The van der Waals surface area contributed by atoms with Crippen molar-refractivity contribution in [2.45, 2.75) is 52.7 Å². The smallest absolute Gasteiger partial charge is 0.0247 e. The van der Waals surface area contributed by atoms with Crippen molar-refractivity contribution >= 4 is 0 Å². The van der Waals surface area contributed by atoms with E-state index in [0.717, 1.165) is 13.1 Å². The zero-order valence-corrected chi connectivity index (χ0v) is 12.8. The first-order chi connectivity index (χ1) is 9.10. The van der Waals surface area contributed by atoms with Gasteiger partial charge in [-0.3, -0.25) is 4.90 Å². The fraction of sp³-hybridized carbons (Fsp3) is 0.647. The molecule has 1 fully saturated rings. The first kappa shape index (κ1) is 14.5. The van der Waals surface area contributed by atoms with Crippen LogP contribution < -0.4 is 5.32 Å². The molecule has 0 saturated carbocycles. The molecule has 1 aromatic rings. The molecule has 1 saturated heterocycles. The molecule has 2 nitrogen and oxygen atoms in total. The van der Waals surface area contributed by atoms with E-state index in [1.54, 1.807) is 0 Å². The van der Waals surface area contributed by atoms with Gasteiger partial charge in [0.1, 0.15) is 0 Å². The van der Waals surface area contributed by atoms with E-state index in [4.69, 9.17) is 0 Å². The predicted octanol–water partition coefficient (Wildman–Crippen LogP) is 3.20. The molecule has 0 aliphatic carbocycles. The Balaban J connectivity index is 2.09. The van der Waals surface area contributed by atoms with Gasteiger partial charge >= 0.3 is 0 Å². The van der Waals surface area contributed by atoms with E-state index < -0.39 is 0 Å². The SMILES string of the molecule is CCC1CN(Cc2cccc(C)c2)C(C(C)C)CN1. The van der Waals surface area contributed by atoms with Crippen molar-refractivity contribution in [3.8, 4) is 0 Å². The lowest BCUT2D eigenvalue weighted by Gasteiger charge is -2.42. The van der Waals surface area contributed by atoms with Gasteiger partial charge in [-0.1, -0.05) is 50.6 Å². The summed E-state index contributed by atoms with van der Waals surface area (Å²) in [7, 11) is 0. The third kappa shape index (κ3) is 3.80. The highest BCUT2D eigenvalue weighted by Gasteiger charge is 2.28. The van der Waals surface area contributed by atoms with Crippen molar-refractivity contribution in [1.29, 1.82) is 0 Å². The van der Waals surface area contributed by atoms with Gasteiger partial charge in [0.05, 0.1) is 0 Å². The van der Waals surface area contributed by atoms with E-state index in [1.165, 1.54) is 24.1 Å². The van der Waals surface area contributed by atoms with Gasteiger partial charge in [0, 0.05) is 31.7 Å². The van der Waals surface area contributed by atoms with Crippen LogP contribution in [0.5, 0.6) is 0 Å². The van der Waals surface area contributed by atoms with Crippen LogP contribution in [0.2, 0.25) is 0 Å². The van der Waals surface area contributed by atoms with Gasteiger partial charge in [0.2, 0.25) is 0 Å². The highest BCUT2D eigenvalue weighted by Crippen LogP contribution is 2.19. The number of hydrogen-bond acceptors (Lipinski definition) is 2. The minimum Gasteiger partial charge on any atom is -0.311 e. The van der Waals surface area contributed by atoms with Gasteiger partial charge in [0.15, 0.2) is 0 Å². The number of nitrogens with zero attached hydrogens (tertiary/aromatic N) is 1. The average molecular weight is 260 g/mol. The molecule has 1 aliphatic heterocycles. The molecule has 19 heavy (non-hydrogen) atoms. The maximum absolute atomic E-state index is 3.69.